The number of alkyl halides is 1. The van der Waals surface area contributed by atoms with Crippen LogP contribution in [0.4, 0.5) is 4.39 Å². The second-order valence-corrected chi connectivity index (χ2v) is 5.83. The van der Waals surface area contributed by atoms with E-state index < -0.39 is 0 Å². The fraction of sp³-hybridized carbons (Fsp3) is 0.0769. The first-order valence-electron chi connectivity index (χ1n) is 5.07. The molecule has 2 aromatic rings. The Morgan fingerprint density at radius 1 is 0.944 bits per heavy atom. The summed E-state index contributed by atoms with van der Waals surface area (Å²) in [6, 6.07) is 10.3. The van der Waals surface area contributed by atoms with Crippen LogP contribution in [0, 0.1) is 5.82 Å². The normalized spacial score (nSPS) is 10.4. The molecule has 0 N–H and O–H groups in total. The summed E-state index contributed by atoms with van der Waals surface area (Å²) >= 11 is 9.99. The van der Waals surface area contributed by atoms with Crippen molar-refractivity contribution in [2.24, 2.45) is 0 Å². The molecule has 0 fully saturated rings. The van der Waals surface area contributed by atoms with Gasteiger partial charge in [-0.2, -0.15) is 0 Å². The smallest absolute Gasteiger partial charge is 0.137 e. The van der Waals surface area contributed by atoms with Crippen LogP contribution in [0.15, 0.2) is 45.3 Å². The molecule has 2 aromatic carbocycles. The van der Waals surface area contributed by atoms with Crippen molar-refractivity contribution in [3.8, 4) is 11.5 Å². The molecule has 94 valence electrons. The van der Waals surface area contributed by atoms with E-state index >= 15 is 0 Å². The number of hydrogen-bond donors (Lipinski definition) is 0. The Balaban J connectivity index is 2.23. The van der Waals surface area contributed by atoms with Crippen molar-refractivity contribution in [1.82, 2.24) is 0 Å². The summed E-state index contributed by atoms with van der Waals surface area (Å²) < 4.78 is 20.1. The van der Waals surface area contributed by atoms with Gasteiger partial charge in [0.2, 0.25) is 0 Å². The molecule has 1 nitrogen and oxygen atoms in total. The third kappa shape index (κ3) is 3.33. The molecule has 18 heavy (non-hydrogen) atoms. The van der Waals surface area contributed by atoms with E-state index in [0.717, 1.165) is 15.4 Å². The third-order valence-electron chi connectivity index (χ3n) is 2.30. The summed E-state index contributed by atoms with van der Waals surface area (Å²) in [5.41, 5.74) is 1.14. The van der Waals surface area contributed by atoms with Crippen LogP contribution in [0.25, 0.3) is 0 Å². The molecule has 0 unspecified atom stereocenters. The van der Waals surface area contributed by atoms with Crippen molar-refractivity contribution in [3.05, 3.63) is 56.7 Å². The van der Waals surface area contributed by atoms with Gasteiger partial charge in [-0.05, 0) is 51.8 Å². The van der Waals surface area contributed by atoms with Crippen molar-refractivity contribution in [2.45, 2.75) is 5.33 Å². The average molecular weight is 439 g/mol. The Bertz CT molecular complexity index is 572. The lowest BCUT2D eigenvalue weighted by Gasteiger charge is -2.08. The van der Waals surface area contributed by atoms with Gasteiger partial charge in [0.25, 0.3) is 0 Å². The van der Waals surface area contributed by atoms with Crippen molar-refractivity contribution in [1.29, 1.82) is 0 Å². The summed E-state index contributed by atoms with van der Waals surface area (Å²) in [5, 5.41) is 0.774. The van der Waals surface area contributed by atoms with Gasteiger partial charge in [-0.3, -0.25) is 0 Å². The molecule has 0 aliphatic carbocycles. The molecule has 0 atom stereocenters. The topological polar surface area (TPSA) is 9.23 Å². The molecular formula is C13H8Br3FO. The minimum absolute atomic E-state index is 0.307. The SMILES string of the molecule is Fc1ccc(Oc2ccc(CBr)c(Br)c2)cc1Br. The minimum atomic E-state index is -0.307. The minimum Gasteiger partial charge on any atom is -0.457 e. The van der Waals surface area contributed by atoms with Crippen LogP contribution in [0.1, 0.15) is 5.56 Å². The van der Waals surface area contributed by atoms with E-state index in [0.29, 0.717) is 16.0 Å². The molecule has 0 heterocycles. The van der Waals surface area contributed by atoms with Crippen LogP contribution in [-0.4, -0.2) is 0 Å². The zero-order valence-electron chi connectivity index (χ0n) is 9.09. The lowest BCUT2D eigenvalue weighted by atomic mass is 10.2. The Morgan fingerprint density at radius 2 is 1.56 bits per heavy atom. The maximum absolute atomic E-state index is 13.1. The maximum Gasteiger partial charge on any atom is 0.137 e. The summed E-state index contributed by atoms with van der Waals surface area (Å²) in [6.45, 7) is 0. The van der Waals surface area contributed by atoms with Crippen LogP contribution in [0.5, 0.6) is 11.5 Å². The van der Waals surface area contributed by atoms with Crippen LogP contribution >= 0.6 is 47.8 Å². The van der Waals surface area contributed by atoms with Gasteiger partial charge < -0.3 is 4.74 Å². The van der Waals surface area contributed by atoms with Crippen molar-refractivity contribution < 1.29 is 9.13 Å². The fourth-order valence-electron chi connectivity index (χ4n) is 1.38. The van der Waals surface area contributed by atoms with Crippen molar-refractivity contribution in [2.75, 3.05) is 0 Å². The van der Waals surface area contributed by atoms with E-state index in [1.54, 1.807) is 12.1 Å². The molecule has 0 aliphatic rings. The lowest BCUT2D eigenvalue weighted by molar-refractivity contribution is 0.479. The molecule has 0 bridgehead atoms. The largest absolute Gasteiger partial charge is 0.457 e. The molecule has 5 heteroatoms. The zero-order chi connectivity index (χ0) is 13.1. The Kier molecular flexibility index (Phi) is 4.81. The first-order chi connectivity index (χ1) is 8.60. The fourth-order valence-corrected chi connectivity index (χ4v) is 3.10. The van der Waals surface area contributed by atoms with Gasteiger partial charge in [0, 0.05) is 9.80 Å². The maximum atomic E-state index is 13.1. The van der Waals surface area contributed by atoms with Crippen LogP contribution in [0.3, 0.4) is 0 Å². The summed E-state index contributed by atoms with van der Waals surface area (Å²) in [5.74, 6) is 0.977. The summed E-state index contributed by atoms with van der Waals surface area (Å²) in [4.78, 5) is 0. The van der Waals surface area contributed by atoms with Gasteiger partial charge in [-0.15, -0.1) is 0 Å². The highest BCUT2D eigenvalue weighted by Crippen LogP contribution is 2.30. The molecule has 0 saturated carbocycles. The molecule has 0 saturated heterocycles. The quantitative estimate of drug-likeness (QED) is 0.531. The Hall–Kier alpha value is -0.390. The van der Waals surface area contributed by atoms with Gasteiger partial charge in [0.05, 0.1) is 4.47 Å². The number of rotatable bonds is 3. The van der Waals surface area contributed by atoms with E-state index in [1.165, 1.54) is 6.07 Å². The molecule has 0 aliphatic heterocycles. The molecule has 0 amide bonds. The predicted octanol–water partition coefficient (Wildman–Crippen LogP) is 6.04. The Labute approximate surface area is 130 Å². The van der Waals surface area contributed by atoms with Crippen molar-refractivity contribution >= 4 is 47.8 Å². The summed E-state index contributed by atoms with van der Waals surface area (Å²) in [7, 11) is 0. The van der Waals surface area contributed by atoms with Gasteiger partial charge in [-0.1, -0.05) is 37.9 Å². The first kappa shape index (κ1) is 14.0. The van der Waals surface area contributed by atoms with Crippen LogP contribution in [0.2, 0.25) is 0 Å². The second kappa shape index (κ2) is 6.17. The van der Waals surface area contributed by atoms with Crippen molar-refractivity contribution in [3.63, 3.8) is 0 Å². The number of halogens is 4. The van der Waals surface area contributed by atoms with Crippen LogP contribution < -0.4 is 4.74 Å². The number of hydrogen-bond acceptors (Lipinski definition) is 1. The van der Waals surface area contributed by atoms with Gasteiger partial charge >= 0.3 is 0 Å². The lowest BCUT2D eigenvalue weighted by Crippen LogP contribution is -1.87. The number of benzene rings is 2. The highest BCUT2D eigenvalue weighted by Gasteiger charge is 2.05. The molecule has 0 aromatic heterocycles. The average Bonchev–Trinajstić information content (AvgIpc) is 2.34. The predicted molar refractivity (Wildman–Crippen MR) is 80.9 cm³/mol. The van der Waals surface area contributed by atoms with E-state index in [2.05, 4.69) is 47.8 Å². The monoisotopic (exact) mass is 436 g/mol. The van der Waals surface area contributed by atoms with Gasteiger partial charge in [0.15, 0.2) is 0 Å². The van der Waals surface area contributed by atoms with E-state index in [1.807, 2.05) is 18.2 Å². The number of ether oxygens (including phenoxy) is 1. The van der Waals surface area contributed by atoms with E-state index in [9.17, 15) is 4.39 Å². The third-order valence-corrected chi connectivity index (χ3v) is 4.25. The standard InChI is InChI=1S/C13H8Br3FO/c14-7-8-1-2-9(5-11(8)15)18-10-3-4-13(17)12(16)6-10/h1-6H,7H2. The molecule has 0 radical (unpaired) electrons. The van der Waals surface area contributed by atoms with E-state index in [-0.39, 0.29) is 5.82 Å². The second-order valence-electron chi connectivity index (χ2n) is 3.56. The zero-order valence-corrected chi connectivity index (χ0v) is 13.8. The highest BCUT2D eigenvalue weighted by molar-refractivity contribution is 9.11. The van der Waals surface area contributed by atoms with Crippen LogP contribution in [-0.2, 0) is 5.33 Å². The molecule has 2 rings (SSSR count). The van der Waals surface area contributed by atoms with E-state index in [4.69, 9.17) is 4.74 Å². The molecule has 0 spiro atoms. The van der Waals surface area contributed by atoms with Gasteiger partial charge in [-0.25, -0.2) is 4.39 Å². The first-order valence-corrected chi connectivity index (χ1v) is 7.78. The summed E-state index contributed by atoms with van der Waals surface area (Å²) in [6.07, 6.45) is 0. The van der Waals surface area contributed by atoms with Gasteiger partial charge in [0.1, 0.15) is 17.3 Å². The highest BCUT2D eigenvalue weighted by atomic mass is 79.9. The molecular weight excluding hydrogens is 431 g/mol. The Morgan fingerprint density at radius 3 is 2.11 bits per heavy atom.